The third-order valence-corrected chi connectivity index (χ3v) is 3.97. The lowest BCUT2D eigenvalue weighted by Crippen LogP contribution is -1.93. The Morgan fingerprint density at radius 1 is 0.652 bits per heavy atom. The summed E-state index contributed by atoms with van der Waals surface area (Å²) in [4.78, 5) is 0. The predicted octanol–water partition coefficient (Wildman–Crippen LogP) is 5.44. The quantitative estimate of drug-likeness (QED) is 0.304. The van der Waals surface area contributed by atoms with Gasteiger partial charge in [-0.15, -0.1) is 0 Å². The van der Waals surface area contributed by atoms with Crippen molar-refractivity contribution >= 4 is 33.4 Å². The number of benzene rings is 4. The molecule has 0 aliphatic rings. The molecule has 0 spiro atoms. The molecule has 2 heteroatoms. The zero-order chi connectivity index (χ0) is 15.5. The van der Waals surface area contributed by atoms with Crippen molar-refractivity contribution in [3.63, 3.8) is 0 Å². The minimum Gasteiger partial charge on any atom is -0.279 e. The van der Waals surface area contributed by atoms with Crippen LogP contribution in [0.15, 0.2) is 90.0 Å². The molecule has 1 N–H and O–H groups in total. The van der Waals surface area contributed by atoms with E-state index in [9.17, 15) is 0 Å². The predicted molar refractivity (Wildman–Crippen MR) is 99.1 cm³/mol. The van der Waals surface area contributed by atoms with Gasteiger partial charge in [0.15, 0.2) is 0 Å². The van der Waals surface area contributed by atoms with E-state index < -0.39 is 0 Å². The van der Waals surface area contributed by atoms with Crippen LogP contribution in [0.1, 0.15) is 5.56 Å². The maximum atomic E-state index is 4.44. The molecule has 0 amide bonds. The van der Waals surface area contributed by atoms with Gasteiger partial charge in [0.1, 0.15) is 0 Å². The Labute approximate surface area is 135 Å². The van der Waals surface area contributed by atoms with Gasteiger partial charge in [-0.25, -0.2) is 0 Å². The van der Waals surface area contributed by atoms with Gasteiger partial charge in [0.05, 0.1) is 11.9 Å². The molecule has 4 aromatic rings. The molecular formula is C21H16N2. The minimum atomic E-state index is 0.980. The van der Waals surface area contributed by atoms with Crippen molar-refractivity contribution in [2.75, 3.05) is 5.43 Å². The van der Waals surface area contributed by atoms with Crippen molar-refractivity contribution in [3.8, 4) is 0 Å². The lowest BCUT2D eigenvalue weighted by atomic mass is 9.97. The molecule has 0 unspecified atom stereocenters. The van der Waals surface area contributed by atoms with Crippen molar-refractivity contribution in [1.29, 1.82) is 0 Å². The Hall–Kier alpha value is -3.13. The van der Waals surface area contributed by atoms with Gasteiger partial charge in [-0.2, -0.15) is 5.10 Å². The van der Waals surface area contributed by atoms with Crippen LogP contribution in [0.5, 0.6) is 0 Å². The molecule has 23 heavy (non-hydrogen) atoms. The van der Waals surface area contributed by atoms with E-state index in [1.165, 1.54) is 21.5 Å². The van der Waals surface area contributed by atoms with Gasteiger partial charge in [0.25, 0.3) is 0 Å². The van der Waals surface area contributed by atoms with Gasteiger partial charge in [-0.05, 0) is 39.7 Å². The van der Waals surface area contributed by atoms with Gasteiger partial charge in [0, 0.05) is 5.56 Å². The topological polar surface area (TPSA) is 24.4 Å². The second-order valence-electron chi connectivity index (χ2n) is 5.47. The summed E-state index contributed by atoms with van der Waals surface area (Å²) in [5.74, 6) is 0. The van der Waals surface area contributed by atoms with Crippen molar-refractivity contribution in [3.05, 3.63) is 90.5 Å². The zero-order valence-electron chi connectivity index (χ0n) is 12.6. The number of para-hydroxylation sites is 1. The summed E-state index contributed by atoms with van der Waals surface area (Å²) in [6, 6.07) is 29.1. The molecule has 0 saturated carbocycles. The summed E-state index contributed by atoms with van der Waals surface area (Å²) in [5.41, 5.74) is 5.21. The molecule has 4 rings (SSSR count). The molecule has 0 heterocycles. The van der Waals surface area contributed by atoms with E-state index in [1.54, 1.807) is 0 Å². The fourth-order valence-corrected chi connectivity index (χ4v) is 2.87. The molecule has 4 aromatic carbocycles. The molecule has 2 nitrogen and oxygen atoms in total. The van der Waals surface area contributed by atoms with E-state index in [4.69, 9.17) is 0 Å². The molecular weight excluding hydrogens is 280 g/mol. The summed E-state index contributed by atoms with van der Waals surface area (Å²) in [6.07, 6.45) is 1.91. The lowest BCUT2D eigenvalue weighted by molar-refractivity contribution is 1.35. The lowest BCUT2D eigenvalue weighted by Gasteiger charge is -2.08. The Kier molecular flexibility index (Phi) is 3.49. The standard InChI is InChI=1S/C21H16N2/c1-2-10-18(11-3-1)23-22-15-21-19-12-6-4-8-16(19)14-17-9-5-7-13-20(17)21/h1-15,23H/b22-15+. The van der Waals surface area contributed by atoms with Gasteiger partial charge >= 0.3 is 0 Å². The number of rotatable bonds is 3. The van der Waals surface area contributed by atoms with Gasteiger partial charge in [-0.1, -0.05) is 66.7 Å². The summed E-state index contributed by atoms with van der Waals surface area (Å²) < 4.78 is 0. The first kappa shape index (κ1) is 13.5. The van der Waals surface area contributed by atoms with E-state index in [2.05, 4.69) is 65.1 Å². The van der Waals surface area contributed by atoms with Crippen molar-refractivity contribution in [1.82, 2.24) is 0 Å². The van der Waals surface area contributed by atoms with Gasteiger partial charge in [-0.3, -0.25) is 5.43 Å². The van der Waals surface area contributed by atoms with Crippen LogP contribution in [-0.2, 0) is 0 Å². The van der Waals surface area contributed by atoms with Crippen LogP contribution in [0.4, 0.5) is 5.69 Å². The highest BCUT2D eigenvalue weighted by Crippen LogP contribution is 2.27. The second kappa shape index (κ2) is 5.93. The molecule has 0 bridgehead atoms. The summed E-state index contributed by atoms with van der Waals surface area (Å²) >= 11 is 0. The highest BCUT2D eigenvalue weighted by Gasteiger charge is 2.05. The van der Waals surface area contributed by atoms with E-state index in [1.807, 2.05) is 36.5 Å². The Bertz CT molecular complexity index is 934. The fourth-order valence-electron chi connectivity index (χ4n) is 2.87. The number of hydrazone groups is 1. The van der Waals surface area contributed by atoms with E-state index >= 15 is 0 Å². The van der Waals surface area contributed by atoms with Crippen LogP contribution >= 0.6 is 0 Å². The van der Waals surface area contributed by atoms with Crippen molar-refractivity contribution in [2.24, 2.45) is 5.10 Å². The Morgan fingerprint density at radius 2 is 1.22 bits per heavy atom. The molecule has 0 aliphatic heterocycles. The molecule has 0 aliphatic carbocycles. The van der Waals surface area contributed by atoms with Gasteiger partial charge < -0.3 is 0 Å². The van der Waals surface area contributed by atoms with Crippen LogP contribution in [0.2, 0.25) is 0 Å². The first-order valence-electron chi connectivity index (χ1n) is 7.66. The smallest absolute Gasteiger partial charge is 0.0561 e. The van der Waals surface area contributed by atoms with Crippen LogP contribution in [0.25, 0.3) is 21.5 Å². The van der Waals surface area contributed by atoms with Crippen molar-refractivity contribution < 1.29 is 0 Å². The molecule has 0 fully saturated rings. The minimum absolute atomic E-state index is 0.980. The fraction of sp³-hybridized carbons (Fsp3) is 0. The largest absolute Gasteiger partial charge is 0.279 e. The SMILES string of the molecule is C(=N\Nc1ccccc1)/c1c2ccccc2cc2ccccc12. The van der Waals surface area contributed by atoms with Crippen LogP contribution in [0.3, 0.4) is 0 Å². The maximum Gasteiger partial charge on any atom is 0.0561 e. The Morgan fingerprint density at radius 3 is 1.87 bits per heavy atom. The first-order chi connectivity index (χ1) is 11.4. The number of nitrogens with one attached hydrogen (secondary N) is 1. The highest BCUT2D eigenvalue weighted by molar-refractivity contribution is 6.13. The normalized spacial score (nSPS) is 11.3. The number of fused-ring (bicyclic) bond motifs is 2. The first-order valence-corrected chi connectivity index (χ1v) is 7.66. The molecule has 0 atom stereocenters. The van der Waals surface area contributed by atoms with Crippen LogP contribution < -0.4 is 5.43 Å². The highest BCUT2D eigenvalue weighted by atomic mass is 15.3. The zero-order valence-corrected chi connectivity index (χ0v) is 12.6. The Balaban J connectivity index is 1.83. The number of hydrogen-bond donors (Lipinski definition) is 1. The molecule has 110 valence electrons. The van der Waals surface area contributed by atoms with Crippen LogP contribution in [-0.4, -0.2) is 6.21 Å². The number of anilines is 1. The van der Waals surface area contributed by atoms with E-state index in [-0.39, 0.29) is 0 Å². The van der Waals surface area contributed by atoms with Gasteiger partial charge in [0.2, 0.25) is 0 Å². The van der Waals surface area contributed by atoms with Crippen LogP contribution in [0, 0.1) is 0 Å². The summed E-state index contributed by atoms with van der Waals surface area (Å²) in [6.45, 7) is 0. The van der Waals surface area contributed by atoms with E-state index in [0.29, 0.717) is 0 Å². The average Bonchev–Trinajstić information content (AvgIpc) is 2.62. The monoisotopic (exact) mass is 296 g/mol. The molecule has 0 radical (unpaired) electrons. The number of nitrogens with zero attached hydrogens (tertiary/aromatic N) is 1. The summed E-state index contributed by atoms with van der Waals surface area (Å²) in [7, 11) is 0. The third-order valence-electron chi connectivity index (χ3n) is 3.97. The third kappa shape index (κ3) is 2.67. The molecule has 0 saturated heterocycles. The summed E-state index contributed by atoms with van der Waals surface area (Å²) in [5, 5.41) is 9.32. The molecule has 0 aromatic heterocycles. The number of hydrogen-bond acceptors (Lipinski definition) is 2. The maximum absolute atomic E-state index is 4.44. The van der Waals surface area contributed by atoms with Crippen molar-refractivity contribution in [2.45, 2.75) is 0 Å². The second-order valence-corrected chi connectivity index (χ2v) is 5.47. The van der Waals surface area contributed by atoms with E-state index in [0.717, 1.165) is 11.3 Å². The average molecular weight is 296 g/mol.